The zero-order chi connectivity index (χ0) is 7.40. The van der Waals surface area contributed by atoms with Crippen LogP contribution >= 0.6 is 0 Å². The third kappa shape index (κ3) is 2.55. The largest absolute Gasteiger partial charge is 0.0885 e. The molecule has 10 heavy (non-hydrogen) atoms. The standard InChI is InChI=1S/C10H18/c1-9-6-4-3-5-7-10(2)8-9/h3-4,9-10H,5-8H2,1-2H3/b4-3-. The number of hydrogen-bond donors (Lipinski definition) is 0. The van der Waals surface area contributed by atoms with Crippen LogP contribution in [0.1, 0.15) is 39.5 Å². The first kappa shape index (κ1) is 7.84. The maximum atomic E-state index is 2.37. The van der Waals surface area contributed by atoms with Crippen molar-refractivity contribution in [3.8, 4) is 0 Å². The summed E-state index contributed by atoms with van der Waals surface area (Å²) in [6, 6.07) is 0. The van der Waals surface area contributed by atoms with Crippen molar-refractivity contribution in [1.29, 1.82) is 0 Å². The number of rotatable bonds is 0. The third-order valence-electron chi connectivity index (χ3n) is 2.34. The summed E-state index contributed by atoms with van der Waals surface area (Å²) in [7, 11) is 0. The van der Waals surface area contributed by atoms with Gasteiger partial charge >= 0.3 is 0 Å². The lowest BCUT2D eigenvalue weighted by Gasteiger charge is -2.17. The van der Waals surface area contributed by atoms with E-state index in [4.69, 9.17) is 0 Å². The van der Waals surface area contributed by atoms with Crippen molar-refractivity contribution in [2.24, 2.45) is 11.8 Å². The molecule has 0 radical (unpaired) electrons. The van der Waals surface area contributed by atoms with Gasteiger partial charge in [-0.05, 0) is 37.5 Å². The average Bonchev–Trinajstić information content (AvgIpc) is 1.83. The van der Waals surface area contributed by atoms with Crippen LogP contribution in [-0.2, 0) is 0 Å². The van der Waals surface area contributed by atoms with E-state index in [-0.39, 0.29) is 0 Å². The molecule has 2 unspecified atom stereocenters. The number of allylic oxidation sites excluding steroid dienone is 2. The van der Waals surface area contributed by atoms with E-state index in [2.05, 4.69) is 26.0 Å². The van der Waals surface area contributed by atoms with E-state index >= 15 is 0 Å². The van der Waals surface area contributed by atoms with E-state index in [1.807, 2.05) is 0 Å². The zero-order valence-electron chi connectivity index (χ0n) is 7.14. The molecular formula is C10H18. The molecule has 1 rings (SSSR count). The quantitative estimate of drug-likeness (QED) is 0.450. The molecule has 0 heteroatoms. The molecule has 0 aromatic heterocycles. The minimum atomic E-state index is 0.909. The first-order valence-electron chi connectivity index (χ1n) is 4.44. The summed E-state index contributed by atoms with van der Waals surface area (Å²) in [6.07, 6.45) is 10.1. The van der Waals surface area contributed by atoms with Gasteiger partial charge < -0.3 is 0 Å². The van der Waals surface area contributed by atoms with Crippen molar-refractivity contribution >= 4 is 0 Å². The molecule has 2 atom stereocenters. The molecule has 0 spiro atoms. The van der Waals surface area contributed by atoms with Gasteiger partial charge in [0.1, 0.15) is 0 Å². The van der Waals surface area contributed by atoms with Crippen LogP contribution in [0.25, 0.3) is 0 Å². The van der Waals surface area contributed by atoms with Gasteiger partial charge in [-0.15, -0.1) is 0 Å². The van der Waals surface area contributed by atoms with Crippen molar-refractivity contribution in [3.05, 3.63) is 12.2 Å². The Morgan fingerprint density at radius 2 is 1.90 bits per heavy atom. The molecular weight excluding hydrogens is 120 g/mol. The minimum Gasteiger partial charge on any atom is -0.0885 e. The van der Waals surface area contributed by atoms with Crippen LogP contribution in [0.5, 0.6) is 0 Å². The Hall–Kier alpha value is -0.260. The third-order valence-corrected chi connectivity index (χ3v) is 2.34. The second kappa shape index (κ2) is 3.80. The highest BCUT2D eigenvalue weighted by Crippen LogP contribution is 2.22. The molecule has 0 amide bonds. The fourth-order valence-corrected chi connectivity index (χ4v) is 1.73. The molecule has 0 saturated heterocycles. The Morgan fingerprint density at radius 1 is 1.10 bits per heavy atom. The lowest BCUT2D eigenvalue weighted by Crippen LogP contribution is -2.03. The van der Waals surface area contributed by atoms with Crippen molar-refractivity contribution in [2.75, 3.05) is 0 Å². The van der Waals surface area contributed by atoms with Crippen molar-refractivity contribution in [2.45, 2.75) is 39.5 Å². The van der Waals surface area contributed by atoms with Gasteiger partial charge in [-0.3, -0.25) is 0 Å². The van der Waals surface area contributed by atoms with Gasteiger partial charge in [0.2, 0.25) is 0 Å². The Morgan fingerprint density at radius 3 is 2.70 bits per heavy atom. The lowest BCUT2D eigenvalue weighted by atomic mass is 9.89. The molecule has 1 aliphatic carbocycles. The van der Waals surface area contributed by atoms with Gasteiger partial charge in [-0.1, -0.05) is 26.0 Å². The second-order valence-corrected chi connectivity index (χ2v) is 3.73. The van der Waals surface area contributed by atoms with E-state index in [9.17, 15) is 0 Å². The monoisotopic (exact) mass is 138 g/mol. The molecule has 0 heterocycles. The van der Waals surface area contributed by atoms with E-state index in [0.717, 1.165) is 11.8 Å². The smallest absolute Gasteiger partial charge is 0.0325 e. The first-order chi connectivity index (χ1) is 4.79. The topological polar surface area (TPSA) is 0 Å². The lowest BCUT2D eigenvalue weighted by molar-refractivity contribution is 0.392. The molecule has 0 bridgehead atoms. The van der Waals surface area contributed by atoms with E-state index in [0.29, 0.717) is 0 Å². The molecule has 0 saturated carbocycles. The molecule has 0 N–H and O–H groups in total. The van der Waals surface area contributed by atoms with Crippen LogP contribution in [0.15, 0.2) is 12.2 Å². The van der Waals surface area contributed by atoms with Gasteiger partial charge in [0, 0.05) is 0 Å². The predicted molar refractivity (Wildman–Crippen MR) is 45.9 cm³/mol. The van der Waals surface area contributed by atoms with Crippen LogP contribution in [0.3, 0.4) is 0 Å². The molecule has 0 aromatic carbocycles. The second-order valence-electron chi connectivity index (χ2n) is 3.73. The van der Waals surface area contributed by atoms with Gasteiger partial charge in [0.25, 0.3) is 0 Å². The average molecular weight is 138 g/mol. The molecule has 0 aliphatic heterocycles. The van der Waals surface area contributed by atoms with Crippen LogP contribution in [0.2, 0.25) is 0 Å². The summed E-state index contributed by atoms with van der Waals surface area (Å²) < 4.78 is 0. The van der Waals surface area contributed by atoms with E-state index < -0.39 is 0 Å². The summed E-state index contributed by atoms with van der Waals surface area (Å²) in [5, 5.41) is 0. The van der Waals surface area contributed by atoms with Gasteiger partial charge in [-0.2, -0.15) is 0 Å². The van der Waals surface area contributed by atoms with Crippen LogP contribution in [-0.4, -0.2) is 0 Å². The van der Waals surface area contributed by atoms with Gasteiger partial charge in [-0.25, -0.2) is 0 Å². The van der Waals surface area contributed by atoms with E-state index in [1.165, 1.54) is 25.7 Å². The molecule has 1 aliphatic rings. The van der Waals surface area contributed by atoms with Gasteiger partial charge in [0.15, 0.2) is 0 Å². The molecule has 0 fully saturated rings. The normalized spacial score (nSPS) is 38.2. The van der Waals surface area contributed by atoms with E-state index in [1.54, 1.807) is 0 Å². The highest BCUT2D eigenvalue weighted by atomic mass is 14.1. The summed E-state index contributed by atoms with van der Waals surface area (Å²) in [4.78, 5) is 0. The summed E-state index contributed by atoms with van der Waals surface area (Å²) in [5.74, 6) is 1.85. The summed E-state index contributed by atoms with van der Waals surface area (Å²) >= 11 is 0. The first-order valence-corrected chi connectivity index (χ1v) is 4.44. The van der Waals surface area contributed by atoms with Crippen LogP contribution < -0.4 is 0 Å². The minimum absolute atomic E-state index is 0.909. The van der Waals surface area contributed by atoms with Crippen molar-refractivity contribution in [1.82, 2.24) is 0 Å². The molecule has 0 aromatic rings. The fraction of sp³-hybridized carbons (Fsp3) is 0.800. The van der Waals surface area contributed by atoms with Crippen molar-refractivity contribution in [3.63, 3.8) is 0 Å². The Kier molecular flexibility index (Phi) is 2.98. The maximum absolute atomic E-state index is 2.37. The summed E-state index contributed by atoms with van der Waals surface area (Å²) in [5.41, 5.74) is 0. The molecule has 58 valence electrons. The number of hydrogen-bond acceptors (Lipinski definition) is 0. The summed E-state index contributed by atoms with van der Waals surface area (Å²) in [6.45, 7) is 4.72. The Bertz CT molecular complexity index is 113. The zero-order valence-corrected chi connectivity index (χ0v) is 7.14. The SMILES string of the molecule is CC1C/C=C\CCC(C)C1. The Balaban J connectivity index is 2.39. The van der Waals surface area contributed by atoms with Gasteiger partial charge in [0.05, 0.1) is 0 Å². The fourth-order valence-electron chi connectivity index (χ4n) is 1.73. The molecule has 0 nitrogen and oxygen atoms in total. The highest BCUT2D eigenvalue weighted by Gasteiger charge is 2.08. The van der Waals surface area contributed by atoms with Crippen LogP contribution in [0, 0.1) is 11.8 Å². The maximum Gasteiger partial charge on any atom is -0.0325 e. The van der Waals surface area contributed by atoms with Crippen LogP contribution in [0.4, 0.5) is 0 Å². The predicted octanol–water partition coefficient (Wildman–Crippen LogP) is 3.39. The highest BCUT2D eigenvalue weighted by molar-refractivity contribution is 4.86. The van der Waals surface area contributed by atoms with Crippen molar-refractivity contribution < 1.29 is 0 Å². The Labute approximate surface area is 64.3 Å².